The molecule has 0 spiro atoms. The highest BCUT2D eigenvalue weighted by Crippen LogP contribution is 2.13. The molecule has 0 fully saturated rings. The van der Waals surface area contributed by atoms with E-state index in [4.69, 9.17) is 4.42 Å². The summed E-state index contributed by atoms with van der Waals surface area (Å²) in [5.74, 6) is 0.0843. The molecule has 1 N–H and O–H groups in total. The van der Waals surface area contributed by atoms with Crippen LogP contribution in [0.5, 0.6) is 0 Å². The molecule has 2 aromatic heterocycles. The molecule has 0 radical (unpaired) electrons. The van der Waals surface area contributed by atoms with Gasteiger partial charge in [0, 0.05) is 11.9 Å². The Balaban J connectivity index is 1.99. The fourth-order valence-electron chi connectivity index (χ4n) is 2.49. The molecule has 25 heavy (non-hydrogen) atoms. The molecule has 7 heteroatoms. The van der Waals surface area contributed by atoms with E-state index in [1.807, 2.05) is 6.92 Å². The number of aromatic nitrogens is 2. The van der Waals surface area contributed by atoms with E-state index >= 15 is 0 Å². The zero-order valence-corrected chi connectivity index (χ0v) is 14.0. The van der Waals surface area contributed by atoms with E-state index in [9.17, 15) is 9.59 Å². The van der Waals surface area contributed by atoms with Crippen LogP contribution in [0.2, 0.25) is 0 Å². The van der Waals surface area contributed by atoms with Gasteiger partial charge in [0.2, 0.25) is 0 Å². The monoisotopic (exact) mass is 338 g/mol. The van der Waals surface area contributed by atoms with Gasteiger partial charge in [0.1, 0.15) is 11.5 Å². The van der Waals surface area contributed by atoms with E-state index in [1.54, 1.807) is 43.3 Å². The number of nitrogens with zero attached hydrogens (tertiary/aromatic N) is 3. The van der Waals surface area contributed by atoms with Crippen LogP contribution < -0.4 is 11.0 Å². The average molecular weight is 338 g/mol. The molecule has 3 aromatic rings. The predicted molar refractivity (Wildman–Crippen MR) is 94.7 cm³/mol. The number of furan rings is 1. The van der Waals surface area contributed by atoms with Crippen LogP contribution in [0.4, 0.5) is 0 Å². The third-order valence-electron chi connectivity index (χ3n) is 3.72. The lowest BCUT2D eigenvalue weighted by molar-refractivity contribution is 0.0949. The highest BCUT2D eigenvalue weighted by atomic mass is 16.3. The summed E-state index contributed by atoms with van der Waals surface area (Å²) in [5.41, 5.74) is 2.97. The fourth-order valence-corrected chi connectivity index (χ4v) is 2.49. The van der Waals surface area contributed by atoms with E-state index in [1.165, 1.54) is 10.9 Å². The lowest BCUT2D eigenvalue weighted by Crippen LogP contribution is -2.29. The van der Waals surface area contributed by atoms with Crippen molar-refractivity contribution < 1.29 is 9.21 Å². The molecular formula is C18H18N4O3. The lowest BCUT2D eigenvalue weighted by atomic mass is 10.1. The Morgan fingerprint density at radius 3 is 2.68 bits per heavy atom. The van der Waals surface area contributed by atoms with Gasteiger partial charge in [-0.05, 0) is 31.5 Å². The molecule has 1 aromatic carbocycles. The van der Waals surface area contributed by atoms with Gasteiger partial charge in [-0.15, -0.1) is 0 Å². The molecule has 0 bridgehead atoms. The second-order valence-corrected chi connectivity index (χ2v) is 5.54. The van der Waals surface area contributed by atoms with E-state index in [0.717, 1.165) is 6.42 Å². The topological polar surface area (TPSA) is 89.5 Å². The van der Waals surface area contributed by atoms with Crippen molar-refractivity contribution in [2.75, 3.05) is 0 Å². The van der Waals surface area contributed by atoms with Crippen molar-refractivity contribution >= 4 is 22.4 Å². The van der Waals surface area contributed by atoms with E-state index in [2.05, 4.69) is 15.6 Å². The van der Waals surface area contributed by atoms with Crippen molar-refractivity contribution in [1.82, 2.24) is 15.2 Å². The number of hydrazone groups is 1. The van der Waals surface area contributed by atoms with E-state index in [0.29, 0.717) is 28.8 Å². The van der Waals surface area contributed by atoms with Gasteiger partial charge in [0.25, 0.3) is 11.5 Å². The average Bonchev–Trinajstić information content (AvgIpc) is 3.17. The maximum atomic E-state index is 12.6. The highest BCUT2D eigenvalue weighted by molar-refractivity contribution is 6.05. The van der Waals surface area contributed by atoms with Gasteiger partial charge in [-0.3, -0.25) is 9.59 Å². The van der Waals surface area contributed by atoms with Gasteiger partial charge in [-0.1, -0.05) is 25.1 Å². The van der Waals surface area contributed by atoms with Crippen molar-refractivity contribution in [2.45, 2.75) is 26.8 Å². The first-order valence-electron chi connectivity index (χ1n) is 8.00. The molecule has 2 heterocycles. The molecule has 0 atom stereocenters. The first kappa shape index (κ1) is 16.6. The zero-order valence-electron chi connectivity index (χ0n) is 14.0. The molecule has 1 amide bonds. The van der Waals surface area contributed by atoms with Crippen LogP contribution in [-0.2, 0) is 6.54 Å². The Labute approximate surface area is 144 Å². The molecule has 128 valence electrons. The van der Waals surface area contributed by atoms with Crippen molar-refractivity contribution in [3.63, 3.8) is 0 Å². The van der Waals surface area contributed by atoms with Crippen molar-refractivity contribution in [1.29, 1.82) is 0 Å². The van der Waals surface area contributed by atoms with Crippen LogP contribution in [0, 0.1) is 0 Å². The largest absolute Gasteiger partial charge is 0.463 e. The second-order valence-electron chi connectivity index (χ2n) is 5.54. The Morgan fingerprint density at radius 2 is 2.00 bits per heavy atom. The number of hydrogen-bond acceptors (Lipinski definition) is 5. The summed E-state index contributed by atoms with van der Waals surface area (Å²) in [7, 11) is 0. The molecule has 0 unspecified atom stereocenters. The molecule has 0 aliphatic rings. The van der Waals surface area contributed by atoms with Crippen LogP contribution in [0.15, 0.2) is 57.0 Å². The number of rotatable bonds is 5. The van der Waals surface area contributed by atoms with Crippen LogP contribution in [-0.4, -0.2) is 21.4 Å². The maximum absolute atomic E-state index is 12.6. The Morgan fingerprint density at radius 1 is 1.24 bits per heavy atom. The van der Waals surface area contributed by atoms with Gasteiger partial charge in [-0.2, -0.15) is 10.2 Å². The third kappa shape index (κ3) is 3.35. The molecule has 0 aliphatic carbocycles. The summed E-state index contributed by atoms with van der Waals surface area (Å²) in [6, 6.07) is 10.4. The minimum atomic E-state index is -0.480. The Kier molecular flexibility index (Phi) is 4.74. The summed E-state index contributed by atoms with van der Waals surface area (Å²) in [6.07, 6.45) is 2.27. The van der Waals surface area contributed by atoms with Crippen molar-refractivity contribution in [3.8, 4) is 0 Å². The maximum Gasteiger partial charge on any atom is 0.292 e. The number of nitrogens with one attached hydrogen (secondary N) is 1. The lowest BCUT2D eigenvalue weighted by Gasteiger charge is -2.09. The third-order valence-corrected chi connectivity index (χ3v) is 3.72. The summed E-state index contributed by atoms with van der Waals surface area (Å²) in [4.78, 5) is 25.0. The minimum absolute atomic E-state index is 0.166. The second kappa shape index (κ2) is 7.12. The number of fused-ring (bicyclic) bond motifs is 1. The molecule has 0 saturated heterocycles. The van der Waals surface area contributed by atoms with E-state index in [-0.39, 0.29) is 11.3 Å². The SMILES string of the molecule is CCCn1nc(C(=O)N/N=C(/C)c2ccco2)c2ccccc2c1=O. The standard InChI is InChI=1S/C18H18N4O3/c1-3-10-22-18(24)14-8-5-4-7-13(14)16(21-22)17(23)20-19-12(2)15-9-6-11-25-15/h4-9,11H,3,10H2,1-2H3,(H,20,23)/b19-12-. The van der Waals surface area contributed by atoms with Crippen LogP contribution in [0.25, 0.3) is 10.8 Å². The van der Waals surface area contributed by atoms with E-state index < -0.39 is 5.91 Å². The molecular weight excluding hydrogens is 320 g/mol. The quantitative estimate of drug-likeness (QED) is 0.572. The van der Waals surface area contributed by atoms with Gasteiger partial charge in [0.05, 0.1) is 11.6 Å². The Bertz CT molecular complexity index is 987. The molecule has 0 saturated carbocycles. The highest BCUT2D eigenvalue weighted by Gasteiger charge is 2.16. The summed E-state index contributed by atoms with van der Waals surface area (Å²) in [5, 5.41) is 9.24. The first-order valence-corrected chi connectivity index (χ1v) is 8.00. The summed E-state index contributed by atoms with van der Waals surface area (Å²) < 4.78 is 6.55. The summed E-state index contributed by atoms with van der Waals surface area (Å²) >= 11 is 0. The van der Waals surface area contributed by atoms with Gasteiger partial charge in [-0.25, -0.2) is 10.1 Å². The predicted octanol–water partition coefficient (Wildman–Crippen LogP) is 2.55. The number of aryl methyl sites for hydroxylation is 1. The Hall–Kier alpha value is -3.22. The zero-order chi connectivity index (χ0) is 17.8. The summed E-state index contributed by atoms with van der Waals surface area (Å²) in [6.45, 7) is 4.11. The molecule has 7 nitrogen and oxygen atoms in total. The number of carbonyl (C=O) groups is 1. The normalized spacial score (nSPS) is 11.7. The van der Waals surface area contributed by atoms with Crippen LogP contribution >= 0.6 is 0 Å². The smallest absolute Gasteiger partial charge is 0.292 e. The van der Waals surface area contributed by atoms with Gasteiger partial charge in [0.15, 0.2) is 5.69 Å². The van der Waals surface area contributed by atoms with Crippen LogP contribution in [0.1, 0.15) is 36.5 Å². The first-order chi connectivity index (χ1) is 12.1. The van der Waals surface area contributed by atoms with Gasteiger partial charge < -0.3 is 4.42 Å². The number of benzene rings is 1. The fraction of sp³-hybridized carbons (Fsp3) is 0.222. The van der Waals surface area contributed by atoms with Crippen LogP contribution in [0.3, 0.4) is 0 Å². The number of hydrogen-bond donors (Lipinski definition) is 1. The minimum Gasteiger partial charge on any atom is -0.463 e. The van der Waals surface area contributed by atoms with Crippen molar-refractivity contribution in [2.24, 2.45) is 5.10 Å². The number of carbonyl (C=O) groups excluding carboxylic acids is 1. The number of amides is 1. The molecule has 3 rings (SSSR count). The van der Waals surface area contributed by atoms with Gasteiger partial charge >= 0.3 is 0 Å². The molecule has 0 aliphatic heterocycles. The van der Waals surface area contributed by atoms with Crippen molar-refractivity contribution in [3.05, 3.63) is 64.5 Å².